The van der Waals surface area contributed by atoms with Gasteiger partial charge in [-0.3, -0.25) is 13.9 Å². The number of benzene rings is 3. The summed E-state index contributed by atoms with van der Waals surface area (Å²) >= 11 is 9.65. The Labute approximate surface area is 238 Å². The standard InChI is InChI=1S/C28H31BrClN3O4S/c1-19(2)31-28(35)21(4)32(17-22-11-13-23(29)14-12-22)27(34)18-33(26-16-24(30)15-10-20(26)3)38(36,37)25-8-6-5-7-9-25/h5-16,19,21H,17-18H2,1-4H3,(H,31,35)/t21-/m0/s1. The van der Waals surface area contributed by atoms with Crippen molar-refractivity contribution in [3.8, 4) is 0 Å². The maximum Gasteiger partial charge on any atom is 0.264 e. The van der Waals surface area contributed by atoms with Crippen molar-refractivity contribution in [2.75, 3.05) is 10.8 Å². The average molecular weight is 621 g/mol. The van der Waals surface area contributed by atoms with Gasteiger partial charge in [0.05, 0.1) is 10.6 Å². The number of carbonyl (C=O) groups excluding carboxylic acids is 2. The van der Waals surface area contributed by atoms with Gasteiger partial charge in [0.2, 0.25) is 11.8 Å². The molecular weight excluding hydrogens is 590 g/mol. The van der Waals surface area contributed by atoms with Crippen LogP contribution in [0.4, 0.5) is 5.69 Å². The van der Waals surface area contributed by atoms with Crippen LogP contribution in [0.2, 0.25) is 5.02 Å². The Hall–Kier alpha value is -2.88. The summed E-state index contributed by atoms with van der Waals surface area (Å²) in [6.45, 7) is 6.65. The largest absolute Gasteiger partial charge is 0.352 e. The quantitative estimate of drug-likeness (QED) is 0.322. The van der Waals surface area contributed by atoms with Gasteiger partial charge in [0.15, 0.2) is 0 Å². The summed E-state index contributed by atoms with van der Waals surface area (Å²) in [4.78, 5) is 28.3. The van der Waals surface area contributed by atoms with Gasteiger partial charge < -0.3 is 10.2 Å². The predicted octanol–water partition coefficient (Wildman–Crippen LogP) is 5.55. The van der Waals surface area contributed by atoms with Gasteiger partial charge in [-0.1, -0.05) is 63.9 Å². The molecule has 202 valence electrons. The molecule has 0 aliphatic rings. The van der Waals surface area contributed by atoms with Crippen molar-refractivity contribution in [3.63, 3.8) is 0 Å². The van der Waals surface area contributed by atoms with Crippen molar-refractivity contribution in [1.29, 1.82) is 0 Å². The monoisotopic (exact) mass is 619 g/mol. The van der Waals surface area contributed by atoms with E-state index in [1.807, 2.05) is 38.1 Å². The summed E-state index contributed by atoms with van der Waals surface area (Å²) in [6.07, 6.45) is 0. The lowest BCUT2D eigenvalue weighted by atomic mass is 10.1. The van der Waals surface area contributed by atoms with Gasteiger partial charge >= 0.3 is 0 Å². The number of anilines is 1. The lowest BCUT2D eigenvalue weighted by molar-refractivity contribution is -0.139. The average Bonchev–Trinajstić information content (AvgIpc) is 2.88. The van der Waals surface area contributed by atoms with Crippen LogP contribution in [0.3, 0.4) is 0 Å². The fourth-order valence-corrected chi connectivity index (χ4v) is 5.78. The zero-order valence-corrected chi connectivity index (χ0v) is 24.8. The first-order valence-electron chi connectivity index (χ1n) is 12.1. The van der Waals surface area contributed by atoms with E-state index in [4.69, 9.17) is 11.6 Å². The van der Waals surface area contributed by atoms with Crippen molar-refractivity contribution in [2.45, 2.75) is 51.2 Å². The van der Waals surface area contributed by atoms with Crippen molar-refractivity contribution in [1.82, 2.24) is 10.2 Å². The van der Waals surface area contributed by atoms with Gasteiger partial charge in [0.25, 0.3) is 10.0 Å². The third kappa shape index (κ3) is 7.36. The summed E-state index contributed by atoms with van der Waals surface area (Å²) in [5, 5.41) is 3.18. The predicted molar refractivity (Wildman–Crippen MR) is 155 cm³/mol. The summed E-state index contributed by atoms with van der Waals surface area (Å²) in [7, 11) is -4.14. The molecule has 7 nitrogen and oxygen atoms in total. The van der Waals surface area contributed by atoms with E-state index in [2.05, 4.69) is 21.2 Å². The Bertz CT molecular complexity index is 1380. The number of sulfonamides is 1. The maximum atomic E-state index is 13.9. The van der Waals surface area contributed by atoms with Gasteiger partial charge in [-0.2, -0.15) is 0 Å². The molecule has 3 aromatic carbocycles. The minimum atomic E-state index is -4.14. The highest BCUT2D eigenvalue weighted by molar-refractivity contribution is 9.10. The molecule has 2 amide bonds. The highest BCUT2D eigenvalue weighted by Crippen LogP contribution is 2.30. The lowest BCUT2D eigenvalue weighted by Gasteiger charge is -2.32. The molecule has 0 aliphatic carbocycles. The molecule has 0 aromatic heterocycles. The summed E-state index contributed by atoms with van der Waals surface area (Å²) in [5.41, 5.74) is 1.71. The van der Waals surface area contributed by atoms with Crippen LogP contribution in [-0.4, -0.2) is 43.8 Å². The van der Waals surface area contributed by atoms with E-state index in [1.165, 1.54) is 23.1 Å². The second-order valence-electron chi connectivity index (χ2n) is 9.24. The number of halogens is 2. The molecule has 0 aliphatic heterocycles. The minimum absolute atomic E-state index is 0.0391. The number of amides is 2. The van der Waals surface area contributed by atoms with Crippen molar-refractivity contribution in [3.05, 3.63) is 93.4 Å². The number of nitrogens with zero attached hydrogens (tertiary/aromatic N) is 2. The van der Waals surface area contributed by atoms with Crippen LogP contribution in [0.15, 0.2) is 82.2 Å². The van der Waals surface area contributed by atoms with Crippen LogP contribution in [-0.2, 0) is 26.2 Å². The maximum absolute atomic E-state index is 13.9. The third-order valence-corrected chi connectivity index (χ3v) is 8.45. The van der Waals surface area contributed by atoms with E-state index < -0.39 is 28.5 Å². The number of hydrogen-bond acceptors (Lipinski definition) is 4. The molecule has 0 spiro atoms. The van der Waals surface area contributed by atoms with Crippen LogP contribution in [0.1, 0.15) is 31.9 Å². The molecule has 0 radical (unpaired) electrons. The molecular formula is C28H31BrClN3O4S. The normalized spacial score (nSPS) is 12.2. The Kier molecular flexibility index (Phi) is 9.98. The highest BCUT2D eigenvalue weighted by Gasteiger charge is 2.33. The first-order valence-corrected chi connectivity index (χ1v) is 14.7. The van der Waals surface area contributed by atoms with E-state index in [1.54, 1.807) is 44.2 Å². The molecule has 38 heavy (non-hydrogen) atoms. The van der Waals surface area contributed by atoms with Crippen LogP contribution in [0, 0.1) is 6.92 Å². The summed E-state index contributed by atoms with van der Waals surface area (Å²) in [5.74, 6) is -0.861. The van der Waals surface area contributed by atoms with Gasteiger partial charge in [-0.05, 0) is 75.2 Å². The smallest absolute Gasteiger partial charge is 0.264 e. The third-order valence-electron chi connectivity index (χ3n) is 5.91. The van der Waals surface area contributed by atoms with E-state index in [9.17, 15) is 18.0 Å². The molecule has 0 heterocycles. The van der Waals surface area contributed by atoms with Gasteiger partial charge in [-0.15, -0.1) is 0 Å². The van der Waals surface area contributed by atoms with Gasteiger partial charge in [0.1, 0.15) is 12.6 Å². The molecule has 0 fully saturated rings. The topological polar surface area (TPSA) is 86.8 Å². The zero-order valence-electron chi connectivity index (χ0n) is 21.7. The molecule has 0 unspecified atom stereocenters. The van der Waals surface area contributed by atoms with Crippen LogP contribution in [0.25, 0.3) is 0 Å². The second-order valence-corrected chi connectivity index (χ2v) is 12.5. The van der Waals surface area contributed by atoms with Gasteiger partial charge in [-0.25, -0.2) is 8.42 Å². The molecule has 0 saturated heterocycles. The number of aryl methyl sites for hydroxylation is 1. The van der Waals surface area contributed by atoms with Crippen molar-refractivity contribution >= 4 is 55.1 Å². The van der Waals surface area contributed by atoms with Crippen LogP contribution < -0.4 is 9.62 Å². The number of carbonyl (C=O) groups is 2. The van der Waals surface area contributed by atoms with E-state index in [0.717, 1.165) is 14.3 Å². The molecule has 1 N–H and O–H groups in total. The molecule has 3 aromatic rings. The number of nitrogens with one attached hydrogen (secondary N) is 1. The second kappa shape index (κ2) is 12.8. The fraction of sp³-hybridized carbons (Fsp3) is 0.286. The molecule has 3 rings (SSSR count). The SMILES string of the molecule is Cc1ccc(Cl)cc1N(CC(=O)N(Cc1ccc(Br)cc1)[C@@H](C)C(=O)NC(C)C)S(=O)(=O)c1ccccc1. The Morgan fingerprint density at radius 2 is 1.61 bits per heavy atom. The van der Waals surface area contributed by atoms with E-state index >= 15 is 0 Å². The zero-order chi connectivity index (χ0) is 28.0. The lowest BCUT2D eigenvalue weighted by Crippen LogP contribution is -2.52. The summed E-state index contributed by atoms with van der Waals surface area (Å²) in [6, 6.07) is 19.2. The molecule has 1 atom stereocenters. The Morgan fingerprint density at radius 1 is 0.974 bits per heavy atom. The van der Waals surface area contributed by atoms with Gasteiger partial charge in [0, 0.05) is 22.1 Å². The molecule has 0 saturated carbocycles. The minimum Gasteiger partial charge on any atom is -0.352 e. The summed E-state index contributed by atoms with van der Waals surface area (Å²) < 4.78 is 29.6. The molecule has 10 heteroatoms. The van der Waals surface area contributed by atoms with Crippen LogP contribution in [0.5, 0.6) is 0 Å². The Morgan fingerprint density at radius 3 is 2.21 bits per heavy atom. The Balaban J connectivity index is 2.06. The van der Waals surface area contributed by atoms with Crippen LogP contribution >= 0.6 is 27.5 Å². The van der Waals surface area contributed by atoms with E-state index in [-0.39, 0.29) is 29.1 Å². The first kappa shape index (κ1) is 29.7. The van der Waals surface area contributed by atoms with E-state index in [0.29, 0.717) is 10.6 Å². The van der Waals surface area contributed by atoms with Crippen molar-refractivity contribution < 1.29 is 18.0 Å². The highest BCUT2D eigenvalue weighted by atomic mass is 79.9. The molecule has 0 bridgehead atoms. The fourth-order valence-electron chi connectivity index (χ4n) is 3.86. The number of rotatable bonds is 10. The first-order chi connectivity index (χ1) is 17.9. The van der Waals surface area contributed by atoms with Crippen molar-refractivity contribution in [2.24, 2.45) is 0 Å². The number of hydrogen-bond donors (Lipinski definition) is 1.